The zero-order valence-electron chi connectivity index (χ0n) is 23.9. The summed E-state index contributed by atoms with van der Waals surface area (Å²) in [6.07, 6.45) is 0.446. The molecule has 1 aliphatic heterocycles. The summed E-state index contributed by atoms with van der Waals surface area (Å²) in [5.74, 6) is 0.857. The highest BCUT2D eigenvalue weighted by Gasteiger charge is 2.32. The van der Waals surface area contributed by atoms with Crippen molar-refractivity contribution in [3.8, 4) is 17.4 Å². The van der Waals surface area contributed by atoms with Crippen molar-refractivity contribution in [1.29, 1.82) is 0 Å². The SMILES string of the molecule is CCC(O)COc1ccc(-n2c(-n3nc(C)cc3C)nc3c(c2=O)CC(C)N(C(=O)c2ccc(Br)c(C)c2)C3)cc1. The Morgan fingerprint density at radius 3 is 2.51 bits per heavy atom. The van der Waals surface area contributed by atoms with Gasteiger partial charge in [0.2, 0.25) is 5.95 Å². The van der Waals surface area contributed by atoms with E-state index >= 15 is 0 Å². The predicted molar refractivity (Wildman–Crippen MR) is 160 cm³/mol. The second kappa shape index (κ2) is 11.6. The molecule has 10 heteroatoms. The Labute approximate surface area is 247 Å². The van der Waals surface area contributed by atoms with E-state index in [0.29, 0.717) is 47.0 Å². The molecule has 1 N–H and O–H groups in total. The largest absolute Gasteiger partial charge is 0.491 e. The van der Waals surface area contributed by atoms with E-state index in [4.69, 9.17) is 9.72 Å². The third kappa shape index (κ3) is 5.71. The smallest absolute Gasteiger partial charge is 0.263 e. The van der Waals surface area contributed by atoms with Crippen LogP contribution in [0.15, 0.2) is 57.8 Å². The van der Waals surface area contributed by atoms with Gasteiger partial charge in [0.05, 0.1) is 29.7 Å². The van der Waals surface area contributed by atoms with Gasteiger partial charge >= 0.3 is 0 Å². The van der Waals surface area contributed by atoms with Gasteiger partial charge in [0, 0.05) is 27.3 Å². The standard InChI is InChI=1S/C31H34BrN5O4/c1-6-24(38)17-41-25-10-8-23(9-11-25)36-30(40)26-15-20(4)35(29(39)22-7-12-27(32)18(2)13-22)16-28(26)33-31(36)37-21(5)14-19(3)34-37/h7-14,20,24,38H,6,15-17H2,1-5H3. The summed E-state index contributed by atoms with van der Waals surface area (Å²) in [6, 6.07) is 14.5. The molecule has 3 heterocycles. The number of rotatable bonds is 7. The maximum atomic E-state index is 14.1. The van der Waals surface area contributed by atoms with Crippen molar-refractivity contribution in [3.05, 3.63) is 97.1 Å². The van der Waals surface area contributed by atoms with Crippen LogP contribution in [0.25, 0.3) is 11.6 Å². The molecule has 41 heavy (non-hydrogen) atoms. The Morgan fingerprint density at radius 2 is 1.88 bits per heavy atom. The molecule has 5 rings (SSSR count). The van der Waals surface area contributed by atoms with Gasteiger partial charge in [-0.1, -0.05) is 22.9 Å². The third-order valence-electron chi connectivity index (χ3n) is 7.47. The minimum absolute atomic E-state index is 0.0961. The Morgan fingerprint density at radius 1 is 1.15 bits per heavy atom. The summed E-state index contributed by atoms with van der Waals surface area (Å²) < 4.78 is 9.88. The lowest BCUT2D eigenvalue weighted by Crippen LogP contribution is -2.46. The lowest BCUT2D eigenvalue weighted by molar-refractivity contribution is 0.0652. The quantitative estimate of drug-likeness (QED) is 0.317. The average molecular weight is 621 g/mol. The Hall–Kier alpha value is -3.76. The summed E-state index contributed by atoms with van der Waals surface area (Å²) in [7, 11) is 0. The number of carbonyl (C=O) groups excluding carboxylic acids is 1. The molecule has 0 saturated carbocycles. The Kier molecular flexibility index (Phi) is 8.15. The van der Waals surface area contributed by atoms with Crippen LogP contribution in [-0.2, 0) is 13.0 Å². The lowest BCUT2D eigenvalue weighted by Gasteiger charge is -2.34. The van der Waals surface area contributed by atoms with E-state index in [1.54, 1.807) is 38.4 Å². The first-order chi connectivity index (χ1) is 19.6. The van der Waals surface area contributed by atoms with Crippen LogP contribution < -0.4 is 10.3 Å². The number of hydrogen-bond donors (Lipinski definition) is 1. The summed E-state index contributed by atoms with van der Waals surface area (Å²) in [5, 5.41) is 14.5. The maximum Gasteiger partial charge on any atom is 0.263 e. The normalized spacial score (nSPS) is 15.5. The summed E-state index contributed by atoms with van der Waals surface area (Å²) in [6.45, 7) is 10.0. The highest BCUT2D eigenvalue weighted by atomic mass is 79.9. The van der Waals surface area contributed by atoms with Gasteiger partial charge in [-0.15, -0.1) is 0 Å². The van der Waals surface area contributed by atoms with Gasteiger partial charge in [-0.25, -0.2) is 14.2 Å². The van der Waals surface area contributed by atoms with Crippen LogP contribution in [0.1, 0.15) is 58.8 Å². The number of amides is 1. The highest BCUT2D eigenvalue weighted by Crippen LogP contribution is 2.26. The number of aromatic nitrogens is 4. The van der Waals surface area contributed by atoms with E-state index < -0.39 is 6.10 Å². The van der Waals surface area contributed by atoms with Crippen molar-refractivity contribution in [2.75, 3.05) is 6.61 Å². The third-order valence-corrected chi connectivity index (χ3v) is 8.36. The van der Waals surface area contributed by atoms with E-state index in [0.717, 1.165) is 21.4 Å². The van der Waals surface area contributed by atoms with Gasteiger partial charge in [0.15, 0.2) is 0 Å². The van der Waals surface area contributed by atoms with Crippen molar-refractivity contribution in [3.63, 3.8) is 0 Å². The molecule has 2 unspecified atom stereocenters. The molecule has 0 bridgehead atoms. The Balaban J connectivity index is 1.57. The molecule has 0 fully saturated rings. The molecule has 0 radical (unpaired) electrons. The van der Waals surface area contributed by atoms with Crippen LogP contribution in [0.5, 0.6) is 5.75 Å². The van der Waals surface area contributed by atoms with Gasteiger partial charge < -0.3 is 14.7 Å². The van der Waals surface area contributed by atoms with Crippen LogP contribution in [0, 0.1) is 20.8 Å². The molecule has 2 aromatic heterocycles. The first kappa shape index (κ1) is 28.8. The Bertz CT molecular complexity index is 1660. The van der Waals surface area contributed by atoms with E-state index in [2.05, 4.69) is 21.0 Å². The fraction of sp³-hybridized carbons (Fsp3) is 0.355. The molecule has 0 spiro atoms. The predicted octanol–water partition coefficient (Wildman–Crippen LogP) is 4.84. The minimum Gasteiger partial charge on any atom is -0.491 e. The first-order valence-electron chi connectivity index (χ1n) is 13.7. The number of fused-ring (bicyclic) bond motifs is 1. The highest BCUT2D eigenvalue weighted by molar-refractivity contribution is 9.10. The monoisotopic (exact) mass is 619 g/mol. The number of halogens is 1. The molecular formula is C31H34BrN5O4. The second-order valence-corrected chi connectivity index (χ2v) is 11.5. The van der Waals surface area contributed by atoms with Crippen molar-refractivity contribution in [2.45, 2.75) is 66.2 Å². The topological polar surface area (TPSA) is 102 Å². The fourth-order valence-electron chi connectivity index (χ4n) is 5.07. The number of nitrogens with zero attached hydrogens (tertiary/aromatic N) is 5. The van der Waals surface area contributed by atoms with Crippen LogP contribution in [-0.4, -0.2) is 54.0 Å². The molecule has 0 saturated heterocycles. The molecule has 1 aliphatic rings. The van der Waals surface area contributed by atoms with E-state index in [-0.39, 0.29) is 30.7 Å². The molecule has 2 aromatic carbocycles. The molecule has 214 valence electrons. The number of ether oxygens (including phenoxy) is 1. The van der Waals surface area contributed by atoms with Crippen molar-refractivity contribution < 1.29 is 14.6 Å². The summed E-state index contributed by atoms with van der Waals surface area (Å²) in [4.78, 5) is 34.5. The average Bonchev–Trinajstić information content (AvgIpc) is 3.30. The van der Waals surface area contributed by atoms with Gasteiger partial charge in [-0.05, 0) is 94.6 Å². The lowest BCUT2D eigenvalue weighted by atomic mass is 9.98. The van der Waals surface area contributed by atoms with Crippen LogP contribution in [0.2, 0.25) is 0 Å². The van der Waals surface area contributed by atoms with Crippen LogP contribution >= 0.6 is 15.9 Å². The van der Waals surface area contributed by atoms with E-state index in [9.17, 15) is 14.7 Å². The first-order valence-corrected chi connectivity index (χ1v) is 14.5. The van der Waals surface area contributed by atoms with Gasteiger partial charge in [0.25, 0.3) is 11.5 Å². The molecule has 4 aromatic rings. The molecule has 0 aliphatic carbocycles. The molecular weight excluding hydrogens is 586 g/mol. The zero-order valence-corrected chi connectivity index (χ0v) is 25.5. The van der Waals surface area contributed by atoms with Crippen molar-refractivity contribution >= 4 is 21.8 Å². The second-order valence-electron chi connectivity index (χ2n) is 10.6. The number of hydrogen-bond acceptors (Lipinski definition) is 6. The van der Waals surface area contributed by atoms with E-state index in [1.807, 2.05) is 58.9 Å². The van der Waals surface area contributed by atoms with Crippen molar-refractivity contribution in [1.82, 2.24) is 24.2 Å². The number of carbonyl (C=O) groups is 1. The molecule has 9 nitrogen and oxygen atoms in total. The summed E-state index contributed by atoms with van der Waals surface area (Å²) >= 11 is 3.50. The number of aryl methyl sites for hydroxylation is 3. The summed E-state index contributed by atoms with van der Waals surface area (Å²) in [5.41, 5.74) is 4.80. The van der Waals surface area contributed by atoms with E-state index in [1.165, 1.54) is 0 Å². The van der Waals surface area contributed by atoms with Crippen LogP contribution in [0.4, 0.5) is 0 Å². The van der Waals surface area contributed by atoms with Gasteiger partial charge in [-0.3, -0.25) is 9.59 Å². The van der Waals surface area contributed by atoms with Gasteiger partial charge in [0.1, 0.15) is 12.4 Å². The minimum atomic E-state index is -0.541. The number of aliphatic hydroxyl groups excluding tert-OH is 1. The molecule has 2 atom stereocenters. The number of benzene rings is 2. The van der Waals surface area contributed by atoms with Crippen molar-refractivity contribution in [2.24, 2.45) is 0 Å². The fourth-order valence-corrected chi connectivity index (χ4v) is 5.32. The molecule has 1 amide bonds. The zero-order chi connectivity index (χ0) is 29.4. The van der Waals surface area contributed by atoms with Gasteiger partial charge in [-0.2, -0.15) is 5.10 Å². The van der Waals surface area contributed by atoms with Crippen LogP contribution in [0.3, 0.4) is 0 Å². The number of aliphatic hydroxyl groups is 1. The maximum absolute atomic E-state index is 14.1.